The van der Waals surface area contributed by atoms with Gasteiger partial charge in [0.1, 0.15) is 12.1 Å². The number of aromatic nitrogens is 3. The predicted molar refractivity (Wildman–Crippen MR) is 123 cm³/mol. The van der Waals surface area contributed by atoms with Crippen LogP contribution in [-0.2, 0) is 27.2 Å². The molecule has 0 saturated carbocycles. The average Bonchev–Trinajstić information content (AvgIpc) is 3.42. The van der Waals surface area contributed by atoms with Crippen molar-refractivity contribution in [2.45, 2.75) is 51.2 Å². The van der Waals surface area contributed by atoms with Crippen molar-refractivity contribution in [3.63, 3.8) is 0 Å². The summed E-state index contributed by atoms with van der Waals surface area (Å²) in [5.74, 6) is -2.04. The molecule has 0 spiro atoms. The highest BCUT2D eigenvalue weighted by atomic mass is 16.4. The third-order valence-corrected chi connectivity index (χ3v) is 5.39. The fourth-order valence-electron chi connectivity index (χ4n) is 3.71. The van der Waals surface area contributed by atoms with Gasteiger partial charge in [-0.1, -0.05) is 32.0 Å². The molecule has 0 aliphatic rings. The average molecular weight is 455 g/mol. The molecule has 3 atom stereocenters. The lowest BCUT2D eigenvalue weighted by molar-refractivity contribution is -0.142. The summed E-state index contributed by atoms with van der Waals surface area (Å²) in [5, 5.41) is 15.8. The Morgan fingerprint density at radius 2 is 1.79 bits per heavy atom. The molecule has 2 aromatic heterocycles. The van der Waals surface area contributed by atoms with Crippen molar-refractivity contribution in [1.82, 2.24) is 25.6 Å². The van der Waals surface area contributed by atoms with Gasteiger partial charge < -0.3 is 31.4 Å². The van der Waals surface area contributed by atoms with Gasteiger partial charge in [-0.05, 0) is 24.0 Å². The van der Waals surface area contributed by atoms with Crippen LogP contribution in [0.25, 0.3) is 10.9 Å². The summed E-state index contributed by atoms with van der Waals surface area (Å²) >= 11 is 0. The first-order chi connectivity index (χ1) is 15.7. The van der Waals surface area contributed by atoms with Crippen LogP contribution >= 0.6 is 0 Å². The number of carbonyl (C=O) groups is 3. The maximum atomic E-state index is 13.2. The number of hydrogen-bond donors (Lipinski definition) is 6. The lowest BCUT2D eigenvalue weighted by atomic mass is 10.0. The molecule has 0 fully saturated rings. The summed E-state index contributed by atoms with van der Waals surface area (Å²) in [6.45, 7) is 3.91. The number of para-hydroxylation sites is 1. The first-order valence-corrected chi connectivity index (χ1v) is 10.9. The Kier molecular flexibility index (Phi) is 7.83. The van der Waals surface area contributed by atoms with E-state index in [0.717, 1.165) is 16.5 Å². The topological polar surface area (TPSA) is 166 Å². The third-order valence-electron chi connectivity index (χ3n) is 5.39. The Hall–Kier alpha value is -3.66. The largest absolute Gasteiger partial charge is 0.480 e. The van der Waals surface area contributed by atoms with E-state index in [9.17, 15) is 19.5 Å². The van der Waals surface area contributed by atoms with E-state index in [0.29, 0.717) is 12.1 Å². The number of amides is 2. The molecule has 0 radical (unpaired) electrons. The monoisotopic (exact) mass is 454 g/mol. The maximum Gasteiger partial charge on any atom is 0.326 e. The molecule has 2 heterocycles. The van der Waals surface area contributed by atoms with Gasteiger partial charge in [0.15, 0.2) is 0 Å². The van der Waals surface area contributed by atoms with E-state index in [1.165, 1.54) is 12.5 Å². The van der Waals surface area contributed by atoms with E-state index < -0.39 is 35.9 Å². The summed E-state index contributed by atoms with van der Waals surface area (Å²) in [5.41, 5.74) is 8.31. The minimum Gasteiger partial charge on any atom is -0.480 e. The van der Waals surface area contributed by atoms with Gasteiger partial charge in [-0.3, -0.25) is 9.59 Å². The van der Waals surface area contributed by atoms with E-state index in [-0.39, 0.29) is 18.8 Å². The Bertz CT molecular complexity index is 1090. The second kappa shape index (κ2) is 10.8. The number of carbonyl (C=O) groups excluding carboxylic acids is 2. The zero-order valence-corrected chi connectivity index (χ0v) is 18.7. The van der Waals surface area contributed by atoms with E-state index in [4.69, 9.17) is 5.73 Å². The fourth-order valence-corrected chi connectivity index (χ4v) is 3.71. The second-order valence-corrected chi connectivity index (χ2v) is 8.54. The summed E-state index contributed by atoms with van der Waals surface area (Å²) in [7, 11) is 0. The lowest BCUT2D eigenvalue weighted by Gasteiger charge is -2.23. The van der Waals surface area contributed by atoms with Crippen molar-refractivity contribution < 1.29 is 19.5 Å². The number of rotatable bonds is 11. The normalized spacial score (nSPS) is 14.1. The summed E-state index contributed by atoms with van der Waals surface area (Å²) in [6.07, 6.45) is 5.38. The van der Waals surface area contributed by atoms with Gasteiger partial charge in [0, 0.05) is 41.8 Å². The first kappa shape index (κ1) is 24.0. The minimum absolute atomic E-state index is 0.0295. The molecule has 0 aliphatic carbocycles. The van der Waals surface area contributed by atoms with Crippen LogP contribution in [0.4, 0.5) is 0 Å². The molecule has 0 unspecified atom stereocenters. The van der Waals surface area contributed by atoms with Crippen molar-refractivity contribution in [3.05, 3.63) is 54.2 Å². The molecular formula is C23H30N6O4. The van der Waals surface area contributed by atoms with Gasteiger partial charge in [-0.25, -0.2) is 9.78 Å². The molecule has 0 saturated heterocycles. The zero-order valence-electron chi connectivity index (χ0n) is 18.7. The Morgan fingerprint density at radius 1 is 1.06 bits per heavy atom. The number of nitrogens with one attached hydrogen (secondary N) is 4. The van der Waals surface area contributed by atoms with Crippen molar-refractivity contribution in [1.29, 1.82) is 0 Å². The fraction of sp³-hybridized carbons (Fsp3) is 0.391. The second-order valence-electron chi connectivity index (χ2n) is 8.54. The smallest absolute Gasteiger partial charge is 0.326 e. The van der Waals surface area contributed by atoms with Crippen LogP contribution in [0.1, 0.15) is 31.5 Å². The Morgan fingerprint density at radius 3 is 2.45 bits per heavy atom. The van der Waals surface area contributed by atoms with Gasteiger partial charge in [0.2, 0.25) is 11.8 Å². The number of imidazole rings is 1. The molecular weight excluding hydrogens is 424 g/mol. The van der Waals surface area contributed by atoms with Crippen LogP contribution in [0.2, 0.25) is 0 Å². The number of benzene rings is 1. The molecule has 1 aromatic carbocycles. The van der Waals surface area contributed by atoms with Crippen molar-refractivity contribution in [3.8, 4) is 0 Å². The van der Waals surface area contributed by atoms with Crippen LogP contribution < -0.4 is 16.4 Å². The van der Waals surface area contributed by atoms with E-state index >= 15 is 0 Å². The van der Waals surface area contributed by atoms with E-state index in [1.54, 1.807) is 6.20 Å². The summed E-state index contributed by atoms with van der Waals surface area (Å²) in [4.78, 5) is 47.5. The van der Waals surface area contributed by atoms with Crippen LogP contribution in [-0.4, -0.2) is 56.0 Å². The molecule has 7 N–H and O–H groups in total. The van der Waals surface area contributed by atoms with Crippen LogP contribution in [0, 0.1) is 5.92 Å². The van der Waals surface area contributed by atoms with Crippen LogP contribution in [0.15, 0.2) is 43.0 Å². The van der Waals surface area contributed by atoms with Gasteiger partial charge in [-0.2, -0.15) is 0 Å². The van der Waals surface area contributed by atoms with Gasteiger partial charge >= 0.3 is 5.97 Å². The number of aliphatic carboxylic acids is 1. The highest BCUT2D eigenvalue weighted by Crippen LogP contribution is 2.19. The molecule has 33 heavy (non-hydrogen) atoms. The molecule has 0 aliphatic heterocycles. The quantitative estimate of drug-likeness (QED) is 0.254. The summed E-state index contributed by atoms with van der Waals surface area (Å²) in [6, 6.07) is 4.64. The number of aromatic amines is 2. The van der Waals surface area contributed by atoms with Gasteiger partial charge in [0.25, 0.3) is 0 Å². The highest BCUT2D eigenvalue weighted by molar-refractivity contribution is 5.93. The number of nitrogens with zero attached hydrogens (tertiary/aromatic N) is 1. The standard InChI is InChI=1S/C23H30N6O4/c1-13(2)7-17(24)21(30)28-19(8-14-10-26-18-6-4-3-5-16(14)18)22(31)29-20(23(32)33)9-15-11-25-12-27-15/h3-6,10-13,17,19-20,26H,7-9,24H2,1-2H3,(H,25,27)(H,28,30)(H,29,31)(H,32,33)/t17-,19-,20-/m0/s1. The third kappa shape index (κ3) is 6.42. The molecule has 3 rings (SSSR count). The maximum absolute atomic E-state index is 13.2. The first-order valence-electron chi connectivity index (χ1n) is 10.9. The molecule has 10 nitrogen and oxygen atoms in total. The Balaban J connectivity index is 1.80. The zero-order chi connectivity index (χ0) is 24.0. The number of carboxylic acids is 1. The highest BCUT2D eigenvalue weighted by Gasteiger charge is 2.29. The van der Waals surface area contributed by atoms with Crippen molar-refractivity contribution in [2.24, 2.45) is 11.7 Å². The van der Waals surface area contributed by atoms with E-state index in [1.807, 2.05) is 38.1 Å². The number of H-pyrrole nitrogens is 2. The van der Waals surface area contributed by atoms with Gasteiger partial charge in [-0.15, -0.1) is 0 Å². The molecule has 3 aromatic rings. The SMILES string of the molecule is CC(C)C[C@H](N)C(=O)N[C@@H](Cc1c[nH]c2ccccc12)C(=O)N[C@@H](Cc1cnc[nH]1)C(=O)O. The molecule has 0 bridgehead atoms. The van der Waals surface area contributed by atoms with Crippen LogP contribution in [0.3, 0.4) is 0 Å². The predicted octanol–water partition coefficient (Wildman–Crippen LogP) is 1.10. The molecule has 10 heteroatoms. The number of carboxylic acid groups (broad SMARTS) is 1. The van der Waals surface area contributed by atoms with Crippen molar-refractivity contribution in [2.75, 3.05) is 0 Å². The van der Waals surface area contributed by atoms with E-state index in [2.05, 4.69) is 25.6 Å². The number of hydrogen-bond acceptors (Lipinski definition) is 5. The number of nitrogens with two attached hydrogens (primary N) is 1. The minimum atomic E-state index is -1.19. The Labute approximate surface area is 191 Å². The van der Waals surface area contributed by atoms with Crippen LogP contribution in [0.5, 0.6) is 0 Å². The van der Waals surface area contributed by atoms with Crippen molar-refractivity contribution >= 4 is 28.7 Å². The number of fused-ring (bicyclic) bond motifs is 1. The van der Waals surface area contributed by atoms with Gasteiger partial charge in [0.05, 0.1) is 12.4 Å². The lowest BCUT2D eigenvalue weighted by Crippen LogP contribution is -2.55. The molecule has 2 amide bonds. The molecule has 176 valence electrons. The summed E-state index contributed by atoms with van der Waals surface area (Å²) < 4.78 is 0.